The van der Waals surface area contributed by atoms with Crippen molar-refractivity contribution in [3.63, 3.8) is 0 Å². The molecule has 0 saturated heterocycles. The molecule has 1 aromatic carbocycles. The Balaban J connectivity index is 3.60. The Morgan fingerprint density at radius 1 is 1.00 bits per heavy atom. The van der Waals surface area contributed by atoms with Gasteiger partial charge in [-0.05, 0) is 34.3 Å². The largest absolute Gasteiger partial charge is 0.507 e. The fourth-order valence-corrected chi connectivity index (χ4v) is 2.63. The van der Waals surface area contributed by atoms with E-state index in [-0.39, 0.29) is 10.8 Å². The molecular formula is C18H30O. The summed E-state index contributed by atoms with van der Waals surface area (Å²) in [5.41, 5.74) is 3.39. The van der Waals surface area contributed by atoms with Crippen molar-refractivity contribution in [1.29, 1.82) is 0 Å². The van der Waals surface area contributed by atoms with Crippen LogP contribution < -0.4 is 0 Å². The molecule has 0 aliphatic carbocycles. The molecule has 0 spiro atoms. The van der Waals surface area contributed by atoms with Crippen molar-refractivity contribution in [2.24, 2.45) is 0 Å². The van der Waals surface area contributed by atoms with Crippen LogP contribution in [0.5, 0.6) is 5.75 Å². The zero-order chi connectivity index (χ0) is 15.0. The van der Waals surface area contributed by atoms with Crippen molar-refractivity contribution in [3.8, 4) is 5.75 Å². The molecule has 0 fully saturated rings. The van der Waals surface area contributed by atoms with E-state index in [1.54, 1.807) is 0 Å². The van der Waals surface area contributed by atoms with Crippen LogP contribution in [-0.2, 0) is 10.8 Å². The first-order valence-electron chi connectivity index (χ1n) is 7.37. The van der Waals surface area contributed by atoms with Crippen LogP contribution in [0.2, 0.25) is 0 Å². The van der Waals surface area contributed by atoms with Gasteiger partial charge in [0, 0.05) is 5.56 Å². The number of hydrogen-bond acceptors (Lipinski definition) is 1. The van der Waals surface area contributed by atoms with Crippen LogP contribution >= 0.6 is 0 Å². The van der Waals surface area contributed by atoms with E-state index in [9.17, 15) is 5.11 Å². The summed E-state index contributed by atoms with van der Waals surface area (Å²) in [6.07, 6.45) is 1.09. The lowest BCUT2D eigenvalue weighted by Gasteiger charge is -2.31. The van der Waals surface area contributed by atoms with Gasteiger partial charge in [0.1, 0.15) is 5.75 Å². The van der Waals surface area contributed by atoms with Gasteiger partial charge in [0.25, 0.3) is 0 Å². The molecule has 1 heteroatoms. The third-order valence-electron chi connectivity index (χ3n) is 3.91. The zero-order valence-corrected chi connectivity index (χ0v) is 13.9. The molecule has 0 aliphatic heterocycles. The van der Waals surface area contributed by atoms with Crippen LogP contribution in [0.3, 0.4) is 0 Å². The van der Waals surface area contributed by atoms with Crippen molar-refractivity contribution < 1.29 is 5.11 Å². The van der Waals surface area contributed by atoms with E-state index in [0.29, 0.717) is 11.7 Å². The van der Waals surface area contributed by atoms with E-state index in [1.165, 1.54) is 5.56 Å². The quantitative estimate of drug-likeness (QED) is 0.746. The molecule has 0 saturated carbocycles. The standard InChI is InChI=1S/C18H30O/c1-9-12(2)13-10-11-14(17(3,4)5)16(19)15(13)18(6,7)8/h10-12,19H,9H2,1-8H3. The summed E-state index contributed by atoms with van der Waals surface area (Å²) in [7, 11) is 0. The minimum absolute atomic E-state index is 0.0297. The highest BCUT2D eigenvalue weighted by molar-refractivity contribution is 5.52. The Labute approximate surface area is 119 Å². The monoisotopic (exact) mass is 262 g/mol. The molecule has 0 aromatic heterocycles. The summed E-state index contributed by atoms with van der Waals surface area (Å²) in [6, 6.07) is 4.32. The lowest BCUT2D eigenvalue weighted by Crippen LogP contribution is -2.20. The third-order valence-corrected chi connectivity index (χ3v) is 3.91. The van der Waals surface area contributed by atoms with E-state index in [2.05, 4.69) is 67.5 Å². The predicted octanol–water partition coefficient (Wildman–Crippen LogP) is 5.50. The minimum atomic E-state index is -0.0376. The summed E-state index contributed by atoms with van der Waals surface area (Å²) >= 11 is 0. The van der Waals surface area contributed by atoms with Gasteiger partial charge in [-0.2, -0.15) is 0 Å². The van der Waals surface area contributed by atoms with E-state index in [1.807, 2.05) is 0 Å². The Kier molecular flexibility index (Phi) is 4.39. The van der Waals surface area contributed by atoms with Gasteiger partial charge in [-0.25, -0.2) is 0 Å². The second-order valence-electron chi connectivity index (χ2n) is 7.74. The van der Waals surface area contributed by atoms with Gasteiger partial charge in [0.15, 0.2) is 0 Å². The van der Waals surface area contributed by atoms with Crippen LogP contribution in [0.15, 0.2) is 12.1 Å². The molecule has 1 N–H and O–H groups in total. The molecule has 19 heavy (non-hydrogen) atoms. The SMILES string of the molecule is CCC(C)c1ccc(C(C)(C)C)c(O)c1C(C)(C)C. The summed E-state index contributed by atoms with van der Waals surface area (Å²) in [5, 5.41) is 10.8. The highest BCUT2D eigenvalue weighted by Crippen LogP contribution is 2.43. The van der Waals surface area contributed by atoms with E-state index in [0.717, 1.165) is 17.5 Å². The van der Waals surface area contributed by atoms with Gasteiger partial charge in [-0.15, -0.1) is 0 Å². The average Bonchev–Trinajstić information content (AvgIpc) is 2.23. The Morgan fingerprint density at radius 3 is 1.89 bits per heavy atom. The normalized spacial score (nSPS) is 14.5. The molecule has 1 unspecified atom stereocenters. The number of phenolic OH excluding ortho intramolecular Hbond substituents is 1. The molecule has 0 bridgehead atoms. The first kappa shape index (κ1) is 16.1. The second-order valence-corrected chi connectivity index (χ2v) is 7.74. The van der Waals surface area contributed by atoms with Crippen LogP contribution in [0.1, 0.15) is 84.4 Å². The van der Waals surface area contributed by atoms with Crippen molar-refractivity contribution in [2.45, 2.75) is 78.6 Å². The van der Waals surface area contributed by atoms with E-state index < -0.39 is 0 Å². The van der Waals surface area contributed by atoms with Crippen LogP contribution in [-0.4, -0.2) is 5.11 Å². The molecule has 1 atom stereocenters. The summed E-state index contributed by atoms with van der Waals surface area (Å²) < 4.78 is 0. The molecule has 108 valence electrons. The lowest BCUT2D eigenvalue weighted by molar-refractivity contribution is 0.419. The second kappa shape index (κ2) is 5.19. The molecular weight excluding hydrogens is 232 g/mol. The van der Waals surface area contributed by atoms with Gasteiger partial charge < -0.3 is 5.11 Å². The van der Waals surface area contributed by atoms with E-state index >= 15 is 0 Å². The van der Waals surface area contributed by atoms with Crippen molar-refractivity contribution in [3.05, 3.63) is 28.8 Å². The van der Waals surface area contributed by atoms with Gasteiger partial charge in [-0.3, -0.25) is 0 Å². The zero-order valence-electron chi connectivity index (χ0n) is 13.9. The van der Waals surface area contributed by atoms with Crippen molar-refractivity contribution in [1.82, 2.24) is 0 Å². The predicted molar refractivity (Wildman–Crippen MR) is 84.2 cm³/mol. The Bertz CT molecular complexity index is 444. The lowest BCUT2D eigenvalue weighted by atomic mass is 9.75. The Hall–Kier alpha value is -0.980. The number of benzene rings is 1. The molecule has 0 aliphatic rings. The highest BCUT2D eigenvalue weighted by Gasteiger charge is 2.29. The molecule has 0 heterocycles. The molecule has 1 aromatic rings. The number of phenols is 1. The van der Waals surface area contributed by atoms with Gasteiger partial charge in [0.2, 0.25) is 0 Å². The van der Waals surface area contributed by atoms with Gasteiger partial charge in [0.05, 0.1) is 0 Å². The fraction of sp³-hybridized carbons (Fsp3) is 0.667. The van der Waals surface area contributed by atoms with Crippen molar-refractivity contribution >= 4 is 0 Å². The Morgan fingerprint density at radius 2 is 1.53 bits per heavy atom. The molecule has 1 rings (SSSR count). The van der Waals surface area contributed by atoms with Gasteiger partial charge >= 0.3 is 0 Å². The smallest absolute Gasteiger partial charge is 0.123 e. The first-order valence-corrected chi connectivity index (χ1v) is 7.37. The number of hydrogen-bond donors (Lipinski definition) is 1. The third kappa shape index (κ3) is 3.32. The van der Waals surface area contributed by atoms with Crippen LogP contribution in [0.4, 0.5) is 0 Å². The number of aromatic hydroxyl groups is 1. The van der Waals surface area contributed by atoms with Crippen LogP contribution in [0, 0.1) is 0 Å². The number of rotatable bonds is 2. The van der Waals surface area contributed by atoms with E-state index in [4.69, 9.17) is 0 Å². The fourth-order valence-electron chi connectivity index (χ4n) is 2.63. The summed E-state index contributed by atoms with van der Waals surface area (Å²) in [4.78, 5) is 0. The average molecular weight is 262 g/mol. The summed E-state index contributed by atoms with van der Waals surface area (Å²) in [5.74, 6) is 0.979. The topological polar surface area (TPSA) is 20.2 Å². The summed E-state index contributed by atoms with van der Waals surface area (Å²) in [6.45, 7) is 17.4. The maximum absolute atomic E-state index is 10.8. The van der Waals surface area contributed by atoms with Gasteiger partial charge in [-0.1, -0.05) is 67.5 Å². The van der Waals surface area contributed by atoms with Crippen molar-refractivity contribution in [2.75, 3.05) is 0 Å². The van der Waals surface area contributed by atoms with Crippen LogP contribution in [0.25, 0.3) is 0 Å². The molecule has 0 radical (unpaired) electrons. The maximum Gasteiger partial charge on any atom is 0.123 e. The molecule has 0 amide bonds. The highest BCUT2D eigenvalue weighted by atomic mass is 16.3. The maximum atomic E-state index is 10.8. The first-order chi connectivity index (χ1) is 8.50. The molecule has 1 nitrogen and oxygen atoms in total. The minimum Gasteiger partial charge on any atom is -0.507 e.